The van der Waals surface area contributed by atoms with E-state index in [4.69, 9.17) is 0 Å². The summed E-state index contributed by atoms with van der Waals surface area (Å²) in [5, 5.41) is 16.6. The zero-order valence-corrected chi connectivity index (χ0v) is 15.3. The minimum atomic E-state index is -0.570. The molecular formula is C21H25F2N3O. The number of guanidine groups is 1. The van der Waals surface area contributed by atoms with Crippen LogP contribution in [0.2, 0.25) is 0 Å². The molecule has 0 radical (unpaired) electrons. The van der Waals surface area contributed by atoms with E-state index in [1.165, 1.54) is 18.2 Å². The van der Waals surface area contributed by atoms with Gasteiger partial charge in [-0.3, -0.25) is 4.99 Å². The van der Waals surface area contributed by atoms with Gasteiger partial charge in [-0.2, -0.15) is 0 Å². The first-order valence-corrected chi connectivity index (χ1v) is 9.32. The van der Waals surface area contributed by atoms with Crippen molar-refractivity contribution in [2.75, 3.05) is 13.1 Å². The highest BCUT2D eigenvalue weighted by Crippen LogP contribution is 2.43. The van der Waals surface area contributed by atoms with Crippen LogP contribution >= 0.6 is 0 Å². The Bertz CT molecular complexity index is 762. The van der Waals surface area contributed by atoms with Gasteiger partial charge in [0, 0.05) is 30.6 Å². The number of aliphatic hydroxyl groups is 1. The molecule has 144 valence electrons. The summed E-state index contributed by atoms with van der Waals surface area (Å²) in [6.45, 7) is 3.08. The molecule has 3 unspecified atom stereocenters. The van der Waals surface area contributed by atoms with Crippen LogP contribution in [0.5, 0.6) is 0 Å². The Hall–Kier alpha value is -2.47. The fourth-order valence-corrected chi connectivity index (χ4v) is 3.17. The van der Waals surface area contributed by atoms with Crippen molar-refractivity contribution in [2.24, 2.45) is 4.99 Å². The molecule has 0 amide bonds. The molecule has 0 saturated heterocycles. The smallest absolute Gasteiger partial charge is 0.191 e. The molecule has 0 spiro atoms. The topological polar surface area (TPSA) is 56.7 Å². The van der Waals surface area contributed by atoms with Crippen molar-refractivity contribution >= 4 is 5.96 Å². The molecule has 1 aliphatic carbocycles. The third-order valence-corrected chi connectivity index (χ3v) is 4.68. The average molecular weight is 373 g/mol. The Morgan fingerprint density at radius 1 is 1.15 bits per heavy atom. The van der Waals surface area contributed by atoms with Crippen molar-refractivity contribution in [3.8, 4) is 0 Å². The number of hydrogen-bond acceptors (Lipinski definition) is 2. The summed E-state index contributed by atoms with van der Waals surface area (Å²) in [5.74, 6) is -0.596. The second-order valence-electron chi connectivity index (χ2n) is 6.70. The van der Waals surface area contributed by atoms with Gasteiger partial charge in [-0.15, -0.1) is 0 Å². The Morgan fingerprint density at radius 3 is 2.52 bits per heavy atom. The highest BCUT2D eigenvalue weighted by molar-refractivity contribution is 5.80. The third-order valence-electron chi connectivity index (χ3n) is 4.68. The minimum absolute atomic E-state index is 0.0479. The van der Waals surface area contributed by atoms with Gasteiger partial charge < -0.3 is 15.7 Å². The van der Waals surface area contributed by atoms with E-state index in [2.05, 4.69) is 15.6 Å². The van der Waals surface area contributed by atoms with Crippen molar-refractivity contribution in [3.05, 3.63) is 71.3 Å². The molecule has 0 aromatic heterocycles. The van der Waals surface area contributed by atoms with Crippen LogP contribution in [0, 0.1) is 11.6 Å². The highest BCUT2D eigenvalue weighted by Gasteiger charge is 2.42. The summed E-state index contributed by atoms with van der Waals surface area (Å²) in [7, 11) is 0. The van der Waals surface area contributed by atoms with Crippen molar-refractivity contribution in [1.29, 1.82) is 0 Å². The van der Waals surface area contributed by atoms with Crippen molar-refractivity contribution in [3.63, 3.8) is 0 Å². The van der Waals surface area contributed by atoms with Gasteiger partial charge in [0.25, 0.3) is 0 Å². The van der Waals surface area contributed by atoms with Crippen molar-refractivity contribution in [1.82, 2.24) is 10.6 Å². The summed E-state index contributed by atoms with van der Waals surface area (Å²) >= 11 is 0. The molecule has 0 heterocycles. The third kappa shape index (κ3) is 5.04. The second kappa shape index (κ2) is 8.95. The largest absolute Gasteiger partial charge is 0.388 e. The number of aliphatic hydroxyl groups excluding tert-OH is 1. The van der Waals surface area contributed by atoms with Gasteiger partial charge in [-0.05, 0) is 37.5 Å². The van der Waals surface area contributed by atoms with Gasteiger partial charge in [-0.25, -0.2) is 8.78 Å². The summed E-state index contributed by atoms with van der Waals surface area (Å²) in [6.07, 6.45) is 0.588. The molecule has 1 aliphatic rings. The van der Waals surface area contributed by atoms with Crippen LogP contribution in [0.1, 0.15) is 42.9 Å². The van der Waals surface area contributed by atoms with E-state index < -0.39 is 17.7 Å². The fourth-order valence-electron chi connectivity index (χ4n) is 3.17. The number of hydrogen-bond donors (Lipinski definition) is 3. The lowest BCUT2D eigenvalue weighted by molar-refractivity contribution is 0.170. The maximum absolute atomic E-state index is 13.9. The maximum atomic E-state index is 13.9. The Balaban J connectivity index is 1.56. The lowest BCUT2D eigenvalue weighted by atomic mass is 10.1. The number of aliphatic imine (C=N–C) groups is 1. The van der Waals surface area contributed by atoms with Gasteiger partial charge in [0.15, 0.2) is 5.96 Å². The van der Waals surface area contributed by atoms with Crippen LogP contribution in [0.3, 0.4) is 0 Å². The normalized spacial score (nSPS) is 20.2. The van der Waals surface area contributed by atoms with E-state index in [0.717, 1.165) is 5.56 Å². The average Bonchev–Trinajstić information content (AvgIpc) is 3.41. The molecule has 27 heavy (non-hydrogen) atoms. The van der Waals surface area contributed by atoms with E-state index in [1.54, 1.807) is 0 Å². The number of nitrogens with one attached hydrogen (secondary N) is 2. The van der Waals surface area contributed by atoms with Gasteiger partial charge in [0.1, 0.15) is 11.6 Å². The van der Waals surface area contributed by atoms with Crippen molar-refractivity contribution < 1.29 is 13.9 Å². The van der Waals surface area contributed by atoms with Crippen LogP contribution in [0.4, 0.5) is 8.78 Å². The molecular weight excluding hydrogens is 348 g/mol. The molecule has 3 N–H and O–H groups in total. The zero-order chi connectivity index (χ0) is 19.2. The van der Waals surface area contributed by atoms with E-state index in [0.29, 0.717) is 31.9 Å². The van der Waals surface area contributed by atoms with Gasteiger partial charge in [0.05, 0.1) is 6.10 Å². The van der Waals surface area contributed by atoms with Crippen LogP contribution in [0.15, 0.2) is 53.5 Å². The van der Waals surface area contributed by atoms with E-state index in [-0.39, 0.29) is 17.5 Å². The fraction of sp³-hybridized carbons (Fsp3) is 0.381. The highest BCUT2D eigenvalue weighted by atomic mass is 19.1. The van der Waals surface area contributed by atoms with Gasteiger partial charge in [0.2, 0.25) is 0 Å². The Morgan fingerprint density at radius 2 is 1.85 bits per heavy atom. The number of nitrogens with zero attached hydrogens (tertiary/aromatic N) is 1. The maximum Gasteiger partial charge on any atom is 0.191 e. The molecule has 1 saturated carbocycles. The van der Waals surface area contributed by atoms with Crippen LogP contribution < -0.4 is 10.6 Å². The molecule has 2 aromatic carbocycles. The molecule has 0 aliphatic heterocycles. The van der Waals surface area contributed by atoms with Crippen molar-refractivity contribution in [2.45, 2.75) is 37.8 Å². The molecule has 0 bridgehead atoms. The minimum Gasteiger partial charge on any atom is -0.388 e. The lowest BCUT2D eigenvalue weighted by Gasteiger charge is -2.13. The molecule has 3 atom stereocenters. The van der Waals surface area contributed by atoms with E-state index >= 15 is 0 Å². The molecule has 6 heteroatoms. The van der Waals surface area contributed by atoms with Crippen LogP contribution in [-0.2, 0) is 0 Å². The van der Waals surface area contributed by atoms with Gasteiger partial charge >= 0.3 is 0 Å². The standard InChI is InChI=1S/C21H25F2N3O/c1-2-24-21(25-12-11-19(27)14-7-4-3-5-8-14)26-18-13-15(18)20-16(22)9-6-10-17(20)23/h3-10,15,18-19,27H,2,11-13H2,1H3,(H2,24,25,26). The van der Waals surface area contributed by atoms with Crippen LogP contribution in [-0.4, -0.2) is 30.2 Å². The SMILES string of the molecule is CCNC(=NCCC(O)c1ccccc1)NC1CC1c1c(F)cccc1F. The molecule has 1 fully saturated rings. The number of halogens is 2. The first-order chi connectivity index (χ1) is 13.1. The summed E-state index contributed by atoms with van der Waals surface area (Å²) in [5.41, 5.74) is 1.01. The predicted molar refractivity (Wildman–Crippen MR) is 103 cm³/mol. The van der Waals surface area contributed by atoms with Crippen LogP contribution in [0.25, 0.3) is 0 Å². The van der Waals surface area contributed by atoms with E-state index in [9.17, 15) is 13.9 Å². The monoisotopic (exact) mass is 373 g/mol. The molecule has 2 aromatic rings. The quantitative estimate of drug-likeness (QED) is 0.514. The number of benzene rings is 2. The predicted octanol–water partition coefficient (Wildman–Crippen LogP) is 3.50. The Kier molecular flexibility index (Phi) is 6.40. The summed E-state index contributed by atoms with van der Waals surface area (Å²) < 4.78 is 27.8. The second-order valence-corrected chi connectivity index (χ2v) is 6.70. The summed E-state index contributed by atoms with van der Waals surface area (Å²) in [4.78, 5) is 4.48. The van der Waals surface area contributed by atoms with Gasteiger partial charge in [-0.1, -0.05) is 36.4 Å². The molecule has 3 rings (SSSR count). The summed E-state index contributed by atoms with van der Waals surface area (Å²) in [6, 6.07) is 13.4. The Labute approximate surface area is 158 Å². The first-order valence-electron chi connectivity index (χ1n) is 9.32. The number of rotatable bonds is 7. The first kappa shape index (κ1) is 19.3. The van der Waals surface area contributed by atoms with E-state index in [1.807, 2.05) is 37.3 Å². The lowest BCUT2D eigenvalue weighted by Crippen LogP contribution is -2.39. The zero-order valence-electron chi connectivity index (χ0n) is 15.3. The molecule has 4 nitrogen and oxygen atoms in total.